The minimum absolute atomic E-state index is 0.737. The Morgan fingerprint density at radius 3 is 2.33 bits per heavy atom. The summed E-state index contributed by atoms with van der Waals surface area (Å²) in [6.07, 6.45) is 4.03. The largest absolute Gasteiger partial charge is 0.317 e. The van der Waals surface area contributed by atoms with E-state index in [1.165, 1.54) is 19.3 Å². The molecule has 72 valence electrons. The number of rotatable bonds is 2. The summed E-state index contributed by atoms with van der Waals surface area (Å²) in [7, 11) is 6.46. The lowest BCUT2D eigenvalue weighted by Gasteiger charge is -2.36. The van der Waals surface area contributed by atoms with Crippen molar-refractivity contribution in [1.82, 2.24) is 10.2 Å². The van der Waals surface area contributed by atoms with E-state index in [9.17, 15) is 0 Å². The Morgan fingerprint density at radius 2 is 1.83 bits per heavy atom. The van der Waals surface area contributed by atoms with Gasteiger partial charge in [-0.15, -0.1) is 0 Å². The van der Waals surface area contributed by atoms with Gasteiger partial charge in [0, 0.05) is 12.1 Å². The number of hydrogen-bond donors (Lipinski definition) is 1. The first-order valence-corrected chi connectivity index (χ1v) is 4.97. The third-order valence-corrected chi connectivity index (χ3v) is 3.06. The third-order valence-electron chi connectivity index (χ3n) is 3.06. The van der Waals surface area contributed by atoms with Gasteiger partial charge in [-0.2, -0.15) is 0 Å². The van der Waals surface area contributed by atoms with Crippen LogP contribution in [0.5, 0.6) is 0 Å². The van der Waals surface area contributed by atoms with Crippen molar-refractivity contribution in [1.29, 1.82) is 0 Å². The number of hydrogen-bond acceptors (Lipinski definition) is 2. The van der Waals surface area contributed by atoms with Crippen molar-refractivity contribution in [2.24, 2.45) is 5.92 Å². The Kier molecular flexibility index (Phi) is 3.53. The summed E-state index contributed by atoms with van der Waals surface area (Å²) < 4.78 is 0. The van der Waals surface area contributed by atoms with Gasteiger partial charge in [-0.25, -0.2) is 0 Å². The Balaban J connectivity index is 2.45. The van der Waals surface area contributed by atoms with E-state index in [-0.39, 0.29) is 0 Å². The number of nitrogens with one attached hydrogen (secondary N) is 1. The fourth-order valence-electron chi connectivity index (χ4n) is 2.22. The van der Waals surface area contributed by atoms with Crippen LogP contribution in [0.4, 0.5) is 0 Å². The van der Waals surface area contributed by atoms with E-state index in [1.54, 1.807) is 0 Å². The molecule has 2 heteroatoms. The molecule has 0 aromatic carbocycles. The molecule has 1 rings (SSSR count). The molecule has 0 unspecified atom stereocenters. The molecule has 0 heterocycles. The number of nitrogens with zero attached hydrogens (tertiary/aromatic N) is 1. The molecule has 0 amide bonds. The molecular weight excluding hydrogens is 148 g/mol. The first-order valence-electron chi connectivity index (χ1n) is 4.97. The average molecular weight is 170 g/mol. The molecule has 0 aromatic heterocycles. The van der Waals surface area contributed by atoms with E-state index in [4.69, 9.17) is 0 Å². The van der Waals surface area contributed by atoms with E-state index < -0.39 is 0 Å². The molecule has 0 radical (unpaired) electrons. The van der Waals surface area contributed by atoms with Crippen LogP contribution in [0, 0.1) is 5.92 Å². The van der Waals surface area contributed by atoms with Crippen LogP contribution in [0.3, 0.4) is 0 Å². The van der Waals surface area contributed by atoms with E-state index in [2.05, 4.69) is 38.3 Å². The summed E-state index contributed by atoms with van der Waals surface area (Å²) in [6, 6.07) is 1.52. The van der Waals surface area contributed by atoms with E-state index in [1.807, 2.05) is 0 Å². The first-order chi connectivity index (χ1) is 5.63. The topological polar surface area (TPSA) is 15.3 Å². The van der Waals surface area contributed by atoms with Crippen molar-refractivity contribution in [2.75, 3.05) is 21.1 Å². The van der Waals surface area contributed by atoms with Crippen molar-refractivity contribution in [3.05, 3.63) is 0 Å². The fourth-order valence-corrected chi connectivity index (χ4v) is 2.22. The summed E-state index contributed by atoms with van der Waals surface area (Å²) in [6.45, 7) is 2.36. The van der Waals surface area contributed by atoms with Gasteiger partial charge in [0.1, 0.15) is 0 Å². The molecule has 1 aliphatic carbocycles. The fraction of sp³-hybridized carbons (Fsp3) is 1.00. The molecule has 1 aliphatic rings. The van der Waals surface area contributed by atoms with Crippen LogP contribution in [-0.2, 0) is 0 Å². The maximum Gasteiger partial charge on any atom is 0.0106 e. The third kappa shape index (κ3) is 2.46. The van der Waals surface area contributed by atoms with Gasteiger partial charge in [0.15, 0.2) is 0 Å². The quantitative estimate of drug-likeness (QED) is 0.672. The van der Waals surface area contributed by atoms with Gasteiger partial charge in [0.25, 0.3) is 0 Å². The molecule has 0 aromatic rings. The van der Waals surface area contributed by atoms with Crippen molar-refractivity contribution in [3.8, 4) is 0 Å². The maximum atomic E-state index is 3.39. The lowest BCUT2D eigenvalue weighted by atomic mass is 9.83. The molecule has 0 saturated heterocycles. The van der Waals surface area contributed by atoms with Crippen LogP contribution in [-0.4, -0.2) is 38.1 Å². The van der Waals surface area contributed by atoms with Gasteiger partial charge in [-0.1, -0.05) is 6.92 Å². The standard InChI is InChI=1S/C10H22N2/c1-8-5-9(11-2)7-10(6-8)12(3)4/h8-11H,5-7H2,1-4H3/t8-,9+,10-/m0/s1. The molecule has 2 nitrogen and oxygen atoms in total. The van der Waals surface area contributed by atoms with Gasteiger partial charge in [-0.05, 0) is 46.3 Å². The summed E-state index contributed by atoms with van der Waals surface area (Å²) in [5.74, 6) is 0.878. The molecule has 0 spiro atoms. The molecule has 12 heavy (non-hydrogen) atoms. The predicted octanol–water partition coefficient (Wildman–Crippen LogP) is 1.32. The molecule has 1 fully saturated rings. The molecule has 1 N–H and O–H groups in total. The van der Waals surface area contributed by atoms with E-state index >= 15 is 0 Å². The van der Waals surface area contributed by atoms with Crippen LogP contribution in [0.2, 0.25) is 0 Å². The Labute approximate surface area is 76.3 Å². The van der Waals surface area contributed by atoms with Gasteiger partial charge >= 0.3 is 0 Å². The van der Waals surface area contributed by atoms with E-state index in [0.29, 0.717) is 0 Å². The lowest BCUT2D eigenvalue weighted by molar-refractivity contribution is 0.166. The normalized spacial score (nSPS) is 37.2. The van der Waals surface area contributed by atoms with Gasteiger partial charge < -0.3 is 10.2 Å². The molecule has 0 bridgehead atoms. The molecule has 0 aliphatic heterocycles. The monoisotopic (exact) mass is 170 g/mol. The maximum absolute atomic E-state index is 3.39. The summed E-state index contributed by atoms with van der Waals surface area (Å²) in [4.78, 5) is 2.36. The zero-order chi connectivity index (χ0) is 9.14. The van der Waals surface area contributed by atoms with Crippen LogP contribution >= 0.6 is 0 Å². The second kappa shape index (κ2) is 4.24. The SMILES string of the molecule is CN[C@@H]1C[C@H](C)C[C@H](N(C)C)C1. The minimum Gasteiger partial charge on any atom is -0.317 e. The average Bonchev–Trinajstić information content (AvgIpc) is 2.03. The van der Waals surface area contributed by atoms with Crippen LogP contribution < -0.4 is 5.32 Å². The van der Waals surface area contributed by atoms with Crippen LogP contribution in [0.25, 0.3) is 0 Å². The van der Waals surface area contributed by atoms with Crippen molar-refractivity contribution >= 4 is 0 Å². The van der Waals surface area contributed by atoms with E-state index in [0.717, 1.165) is 18.0 Å². The Bertz CT molecular complexity index is 134. The highest BCUT2D eigenvalue weighted by Crippen LogP contribution is 2.26. The zero-order valence-electron chi connectivity index (χ0n) is 8.80. The summed E-state index contributed by atoms with van der Waals surface area (Å²) >= 11 is 0. The first kappa shape index (κ1) is 10.0. The second-order valence-corrected chi connectivity index (χ2v) is 4.42. The predicted molar refractivity (Wildman–Crippen MR) is 53.3 cm³/mol. The minimum atomic E-state index is 0.737. The summed E-state index contributed by atoms with van der Waals surface area (Å²) in [5, 5.41) is 3.39. The Hall–Kier alpha value is -0.0800. The second-order valence-electron chi connectivity index (χ2n) is 4.42. The molecular formula is C10H22N2. The van der Waals surface area contributed by atoms with Gasteiger partial charge in [-0.3, -0.25) is 0 Å². The molecule has 3 atom stereocenters. The Morgan fingerprint density at radius 1 is 1.17 bits per heavy atom. The zero-order valence-corrected chi connectivity index (χ0v) is 8.80. The van der Waals surface area contributed by atoms with Crippen molar-refractivity contribution in [2.45, 2.75) is 38.3 Å². The van der Waals surface area contributed by atoms with Crippen LogP contribution in [0.1, 0.15) is 26.2 Å². The highest BCUT2D eigenvalue weighted by atomic mass is 15.1. The highest BCUT2D eigenvalue weighted by Gasteiger charge is 2.26. The van der Waals surface area contributed by atoms with Gasteiger partial charge in [0.2, 0.25) is 0 Å². The van der Waals surface area contributed by atoms with Crippen molar-refractivity contribution < 1.29 is 0 Å². The van der Waals surface area contributed by atoms with Crippen LogP contribution in [0.15, 0.2) is 0 Å². The van der Waals surface area contributed by atoms with Gasteiger partial charge in [0.05, 0.1) is 0 Å². The molecule has 1 saturated carbocycles. The smallest absolute Gasteiger partial charge is 0.0106 e. The van der Waals surface area contributed by atoms with Crippen molar-refractivity contribution in [3.63, 3.8) is 0 Å². The lowest BCUT2D eigenvalue weighted by Crippen LogP contribution is -2.42. The highest BCUT2D eigenvalue weighted by molar-refractivity contribution is 4.84. The summed E-state index contributed by atoms with van der Waals surface area (Å²) in [5.41, 5.74) is 0.